The number of hydrogen-bond donors (Lipinski definition) is 0. The molecule has 0 atom stereocenters. The van der Waals surface area contributed by atoms with E-state index in [1.807, 2.05) is 13.0 Å². The molecule has 0 bridgehead atoms. The summed E-state index contributed by atoms with van der Waals surface area (Å²) in [7, 11) is 0. The zero-order valence-corrected chi connectivity index (χ0v) is 12.5. The number of rotatable bonds is 3. The number of benzene rings is 1. The molecular formula is C11H7BrFN3S2. The topological polar surface area (TPSA) is 49.6 Å². The molecule has 0 amide bonds. The molecule has 0 radical (unpaired) electrons. The van der Waals surface area contributed by atoms with Crippen molar-refractivity contribution in [2.75, 3.05) is 0 Å². The van der Waals surface area contributed by atoms with Gasteiger partial charge in [-0.3, -0.25) is 0 Å². The Morgan fingerprint density at radius 1 is 1.56 bits per heavy atom. The van der Waals surface area contributed by atoms with Crippen LogP contribution in [0.1, 0.15) is 18.3 Å². The quantitative estimate of drug-likeness (QED) is 0.844. The van der Waals surface area contributed by atoms with Crippen molar-refractivity contribution >= 4 is 39.2 Å². The van der Waals surface area contributed by atoms with E-state index in [9.17, 15) is 4.39 Å². The molecule has 0 unspecified atom stereocenters. The molecule has 0 fully saturated rings. The fourth-order valence-electron chi connectivity index (χ4n) is 1.21. The normalized spacial score (nSPS) is 10.3. The van der Waals surface area contributed by atoms with E-state index in [2.05, 4.69) is 25.3 Å². The molecule has 2 aromatic rings. The van der Waals surface area contributed by atoms with Gasteiger partial charge in [0.1, 0.15) is 11.9 Å². The molecule has 0 aliphatic rings. The lowest BCUT2D eigenvalue weighted by molar-refractivity contribution is 0.594. The van der Waals surface area contributed by atoms with Gasteiger partial charge in [0.05, 0.1) is 14.9 Å². The summed E-state index contributed by atoms with van der Waals surface area (Å²) in [6.45, 7) is 1.97. The summed E-state index contributed by atoms with van der Waals surface area (Å²) in [6.07, 6.45) is 0.761. The predicted octanol–water partition coefficient (Wildman–Crippen LogP) is 4.02. The van der Waals surface area contributed by atoms with E-state index in [1.165, 1.54) is 23.3 Å². The predicted molar refractivity (Wildman–Crippen MR) is 72.2 cm³/mol. The minimum atomic E-state index is -0.438. The first-order chi connectivity index (χ1) is 8.65. The van der Waals surface area contributed by atoms with Gasteiger partial charge in [-0.05, 0) is 39.6 Å². The molecule has 0 spiro atoms. The highest BCUT2D eigenvalue weighted by Gasteiger charge is 2.14. The minimum absolute atomic E-state index is 0.190. The van der Waals surface area contributed by atoms with E-state index in [-0.39, 0.29) is 10.0 Å². The second-order valence-corrected chi connectivity index (χ2v) is 6.12. The van der Waals surface area contributed by atoms with E-state index >= 15 is 0 Å². The van der Waals surface area contributed by atoms with Crippen molar-refractivity contribution in [3.05, 3.63) is 33.8 Å². The van der Waals surface area contributed by atoms with Crippen LogP contribution in [-0.4, -0.2) is 9.36 Å². The van der Waals surface area contributed by atoms with Gasteiger partial charge >= 0.3 is 0 Å². The average molecular weight is 344 g/mol. The van der Waals surface area contributed by atoms with E-state index < -0.39 is 5.82 Å². The molecule has 0 N–H and O–H groups in total. The monoisotopic (exact) mass is 343 g/mol. The van der Waals surface area contributed by atoms with Gasteiger partial charge in [-0.15, -0.1) is 0 Å². The van der Waals surface area contributed by atoms with E-state index in [0.717, 1.165) is 12.2 Å². The standard InChI is InChI=1S/C11H7BrFN3S2/c1-2-8-15-11(18-16-8)17-7-4-3-6(5-14)9(12)10(7)13/h3-4H,2H2,1H3. The summed E-state index contributed by atoms with van der Waals surface area (Å²) in [5.74, 6) is 0.322. The third-order valence-corrected chi connectivity index (χ3v) is 4.73. The molecule has 3 nitrogen and oxygen atoms in total. The zero-order valence-electron chi connectivity index (χ0n) is 9.28. The van der Waals surface area contributed by atoms with Crippen LogP contribution < -0.4 is 0 Å². The van der Waals surface area contributed by atoms with Crippen molar-refractivity contribution in [2.24, 2.45) is 0 Å². The molecular weight excluding hydrogens is 337 g/mol. The van der Waals surface area contributed by atoms with Crippen LogP contribution in [0, 0.1) is 17.1 Å². The highest BCUT2D eigenvalue weighted by molar-refractivity contribution is 9.10. The highest BCUT2D eigenvalue weighted by atomic mass is 79.9. The highest BCUT2D eigenvalue weighted by Crippen LogP contribution is 2.35. The maximum atomic E-state index is 14.0. The van der Waals surface area contributed by atoms with Crippen molar-refractivity contribution < 1.29 is 4.39 Å². The molecule has 1 heterocycles. The second-order valence-electron chi connectivity index (χ2n) is 3.28. The molecule has 7 heteroatoms. The Bertz CT molecular complexity index is 621. The van der Waals surface area contributed by atoms with Gasteiger partial charge in [-0.25, -0.2) is 9.37 Å². The summed E-state index contributed by atoms with van der Waals surface area (Å²) in [5.41, 5.74) is 0.281. The number of hydrogen-bond acceptors (Lipinski definition) is 5. The summed E-state index contributed by atoms with van der Waals surface area (Å²) in [4.78, 5) is 4.69. The Labute approximate surface area is 120 Å². The molecule has 0 aliphatic heterocycles. The van der Waals surface area contributed by atoms with Gasteiger partial charge in [0.25, 0.3) is 0 Å². The van der Waals surface area contributed by atoms with Crippen LogP contribution in [0.15, 0.2) is 25.8 Å². The molecule has 2 rings (SSSR count). The Hall–Kier alpha value is -0.970. The molecule has 0 saturated carbocycles. The van der Waals surface area contributed by atoms with Crippen LogP contribution in [0.2, 0.25) is 0 Å². The first-order valence-electron chi connectivity index (χ1n) is 5.04. The van der Waals surface area contributed by atoms with Crippen LogP contribution in [0.25, 0.3) is 0 Å². The van der Waals surface area contributed by atoms with Crippen LogP contribution in [0.4, 0.5) is 4.39 Å². The number of nitriles is 1. The molecule has 0 aliphatic carbocycles. The van der Waals surface area contributed by atoms with E-state index in [4.69, 9.17) is 5.26 Å². The second kappa shape index (κ2) is 5.78. The van der Waals surface area contributed by atoms with Crippen molar-refractivity contribution in [3.63, 3.8) is 0 Å². The summed E-state index contributed by atoms with van der Waals surface area (Å²) < 4.78 is 19.0. The van der Waals surface area contributed by atoms with Gasteiger partial charge in [0.2, 0.25) is 0 Å². The van der Waals surface area contributed by atoms with E-state index in [1.54, 1.807) is 12.1 Å². The Morgan fingerprint density at radius 2 is 2.33 bits per heavy atom. The van der Waals surface area contributed by atoms with Crippen LogP contribution >= 0.6 is 39.2 Å². The fourth-order valence-corrected chi connectivity index (χ4v) is 3.48. The SMILES string of the molecule is CCc1nsc(Sc2ccc(C#N)c(Br)c2F)n1. The average Bonchev–Trinajstić information content (AvgIpc) is 2.83. The largest absolute Gasteiger partial charge is 0.213 e. The van der Waals surface area contributed by atoms with Crippen molar-refractivity contribution in [1.29, 1.82) is 5.26 Å². The Balaban J connectivity index is 2.30. The molecule has 18 heavy (non-hydrogen) atoms. The minimum Gasteiger partial charge on any atom is -0.213 e. The first-order valence-corrected chi connectivity index (χ1v) is 7.42. The zero-order chi connectivity index (χ0) is 13.1. The van der Waals surface area contributed by atoms with Crippen LogP contribution in [-0.2, 0) is 6.42 Å². The smallest absolute Gasteiger partial charge is 0.174 e. The van der Waals surface area contributed by atoms with Gasteiger partial charge in [-0.2, -0.15) is 9.64 Å². The lowest BCUT2D eigenvalue weighted by Gasteiger charge is -2.03. The fraction of sp³-hybridized carbons (Fsp3) is 0.182. The Morgan fingerprint density at radius 3 is 2.94 bits per heavy atom. The lowest BCUT2D eigenvalue weighted by atomic mass is 10.2. The summed E-state index contributed by atoms with van der Waals surface area (Å²) >= 11 is 5.54. The number of aromatic nitrogens is 2. The van der Waals surface area contributed by atoms with E-state index in [0.29, 0.717) is 9.24 Å². The Kier molecular flexibility index (Phi) is 4.32. The van der Waals surface area contributed by atoms with Gasteiger partial charge < -0.3 is 0 Å². The van der Waals surface area contributed by atoms with Gasteiger partial charge in [0.15, 0.2) is 10.2 Å². The number of aryl methyl sites for hydroxylation is 1. The number of nitrogens with zero attached hydrogens (tertiary/aromatic N) is 3. The van der Waals surface area contributed by atoms with Crippen molar-refractivity contribution in [3.8, 4) is 6.07 Å². The third kappa shape index (κ3) is 2.71. The van der Waals surface area contributed by atoms with Gasteiger partial charge in [0, 0.05) is 6.42 Å². The molecule has 1 aromatic heterocycles. The first kappa shape index (κ1) is 13.5. The maximum Gasteiger partial charge on any atom is 0.174 e. The van der Waals surface area contributed by atoms with Crippen molar-refractivity contribution in [1.82, 2.24) is 9.36 Å². The number of halogens is 2. The van der Waals surface area contributed by atoms with Crippen LogP contribution in [0.5, 0.6) is 0 Å². The lowest BCUT2D eigenvalue weighted by Crippen LogP contribution is -1.88. The summed E-state index contributed by atoms with van der Waals surface area (Å²) in [5, 5.41) is 8.78. The molecule has 92 valence electrons. The molecule has 1 aromatic carbocycles. The molecule has 0 saturated heterocycles. The van der Waals surface area contributed by atoms with Crippen molar-refractivity contribution in [2.45, 2.75) is 22.6 Å². The maximum absolute atomic E-state index is 14.0. The summed E-state index contributed by atoms with van der Waals surface area (Å²) in [6, 6.07) is 5.08. The van der Waals surface area contributed by atoms with Crippen LogP contribution in [0.3, 0.4) is 0 Å². The van der Waals surface area contributed by atoms with Gasteiger partial charge in [-0.1, -0.05) is 18.7 Å². The third-order valence-electron chi connectivity index (χ3n) is 2.13.